The normalized spacial score (nSPS) is 22.0. The Morgan fingerprint density at radius 3 is 2.06 bits per heavy atom. The Morgan fingerprint density at radius 2 is 1.48 bits per heavy atom. The number of anilines is 1. The van der Waals surface area contributed by atoms with Crippen molar-refractivity contribution in [1.82, 2.24) is 4.90 Å². The molecule has 162 valence electrons. The van der Waals surface area contributed by atoms with E-state index in [0.29, 0.717) is 28.8 Å². The minimum atomic E-state index is -0.269. The molecule has 2 unspecified atom stereocenters. The number of rotatable bonds is 5. The summed E-state index contributed by atoms with van der Waals surface area (Å²) in [5, 5.41) is 0. The van der Waals surface area contributed by atoms with Crippen molar-refractivity contribution in [2.45, 2.75) is 40.2 Å². The molecule has 1 saturated heterocycles. The molecular formula is C26H30N2O3. The standard InChI is InChI=1S/C26H30N2O3/c1-17(2)31-22-12-10-20(11-13-22)23-24(27-15-18(3)14-19(4)16-27)26(30)28(25(23)29)21-8-6-5-7-9-21/h5-13,17-19H,14-16H2,1-4H3. The number of benzene rings is 2. The van der Waals surface area contributed by atoms with Gasteiger partial charge in [0.1, 0.15) is 11.4 Å². The highest BCUT2D eigenvalue weighted by Crippen LogP contribution is 2.37. The highest BCUT2D eigenvalue weighted by molar-refractivity contribution is 6.45. The molecule has 2 amide bonds. The van der Waals surface area contributed by atoms with E-state index in [9.17, 15) is 9.59 Å². The summed E-state index contributed by atoms with van der Waals surface area (Å²) in [6.07, 6.45) is 1.20. The number of ether oxygens (including phenoxy) is 1. The third kappa shape index (κ3) is 4.22. The molecule has 2 aromatic carbocycles. The predicted octanol–water partition coefficient (Wildman–Crippen LogP) is 4.74. The van der Waals surface area contributed by atoms with E-state index < -0.39 is 0 Å². The van der Waals surface area contributed by atoms with Crippen LogP contribution in [0.2, 0.25) is 0 Å². The smallest absolute Gasteiger partial charge is 0.282 e. The SMILES string of the molecule is CC1CC(C)CN(C2=C(c3ccc(OC(C)C)cc3)C(=O)N(c3ccccc3)C2=O)C1. The quantitative estimate of drug-likeness (QED) is 0.659. The topological polar surface area (TPSA) is 49.9 Å². The maximum absolute atomic E-state index is 13.6. The molecule has 0 saturated carbocycles. The van der Waals surface area contributed by atoms with Crippen LogP contribution in [0.4, 0.5) is 5.69 Å². The van der Waals surface area contributed by atoms with E-state index in [-0.39, 0.29) is 17.9 Å². The lowest BCUT2D eigenvalue weighted by molar-refractivity contribution is -0.120. The molecule has 0 aliphatic carbocycles. The number of piperidine rings is 1. The first-order valence-electron chi connectivity index (χ1n) is 11.0. The monoisotopic (exact) mass is 418 g/mol. The number of para-hydroxylation sites is 1. The summed E-state index contributed by atoms with van der Waals surface area (Å²) in [7, 11) is 0. The second-order valence-electron chi connectivity index (χ2n) is 9.05. The number of amides is 2. The van der Waals surface area contributed by atoms with Crippen molar-refractivity contribution >= 4 is 23.1 Å². The maximum Gasteiger partial charge on any atom is 0.282 e. The number of carbonyl (C=O) groups is 2. The average Bonchev–Trinajstić information content (AvgIpc) is 2.98. The molecule has 2 aromatic rings. The van der Waals surface area contributed by atoms with Crippen LogP contribution in [0.1, 0.15) is 39.7 Å². The van der Waals surface area contributed by atoms with Crippen LogP contribution in [0, 0.1) is 11.8 Å². The zero-order chi connectivity index (χ0) is 22.1. The Bertz CT molecular complexity index is 985. The predicted molar refractivity (Wildman–Crippen MR) is 123 cm³/mol. The van der Waals surface area contributed by atoms with Gasteiger partial charge < -0.3 is 9.64 Å². The van der Waals surface area contributed by atoms with Crippen LogP contribution in [-0.4, -0.2) is 35.9 Å². The minimum absolute atomic E-state index is 0.0696. The summed E-state index contributed by atoms with van der Waals surface area (Å²) in [5.41, 5.74) is 2.34. The largest absolute Gasteiger partial charge is 0.491 e. The van der Waals surface area contributed by atoms with Gasteiger partial charge in [-0.15, -0.1) is 0 Å². The van der Waals surface area contributed by atoms with Crippen LogP contribution >= 0.6 is 0 Å². The first kappa shape index (κ1) is 21.2. The Kier molecular flexibility index (Phi) is 5.86. The number of likely N-dealkylation sites (tertiary alicyclic amines) is 1. The van der Waals surface area contributed by atoms with E-state index in [1.165, 1.54) is 4.90 Å². The van der Waals surface area contributed by atoms with Gasteiger partial charge in [-0.05, 0) is 61.9 Å². The van der Waals surface area contributed by atoms with E-state index in [4.69, 9.17) is 4.74 Å². The Balaban J connectivity index is 1.78. The lowest BCUT2D eigenvalue weighted by atomic mass is 9.91. The molecule has 5 nitrogen and oxygen atoms in total. The van der Waals surface area contributed by atoms with Crippen LogP contribution in [0.3, 0.4) is 0 Å². The molecule has 0 bridgehead atoms. The number of hydrogen-bond acceptors (Lipinski definition) is 4. The fourth-order valence-corrected chi connectivity index (χ4v) is 4.70. The summed E-state index contributed by atoms with van der Waals surface area (Å²) in [4.78, 5) is 30.6. The highest BCUT2D eigenvalue weighted by atomic mass is 16.5. The van der Waals surface area contributed by atoms with Crippen LogP contribution in [0.25, 0.3) is 5.57 Å². The van der Waals surface area contributed by atoms with Gasteiger partial charge in [-0.25, -0.2) is 4.90 Å². The van der Waals surface area contributed by atoms with Crippen LogP contribution in [0.5, 0.6) is 5.75 Å². The molecule has 2 atom stereocenters. The zero-order valence-electron chi connectivity index (χ0n) is 18.7. The van der Waals surface area contributed by atoms with Gasteiger partial charge in [-0.3, -0.25) is 9.59 Å². The molecule has 0 N–H and O–H groups in total. The number of hydrogen-bond donors (Lipinski definition) is 0. The van der Waals surface area contributed by atoms with Crippen molar-refractivity contribution in [2.75, 3.05) is 18.0 Å². The van der Waals surface area contributed by atoms with Crippen molar-refractivity contribution in [1.29, 1.82) is 0 Å². The van der Waals surface area contributed by atoms with Gasteiger partial charge in [0, 0.05) is 13.1 Å². The number of nitrogens with zero attached hydrogens (tertiary/aromatic N) is 2. The third-order valence-electron chi connectivity index (χ3n) is 5.77. The Labute approximate surface area is 184 Å². The molecule has 5 heteroatoms. The Morgan fingerprint density at radius 1 is 0.871 bits per heavy atom. The molecular weight excluding hydrogens is 388 g/mol. The van der Waals surface area contributed by atoms with E-state index in [2.05, 4.69) is 18.7 Å². The lowest BCUT2D eigenvalue weighted by Gasteiger charge is -2.37. The molecule has 0 aromatic heterocycles. The summed E-state index contributed by atoms with van der Waals surface area (Å²) < 4.78 is 5.75. The molecule has 4 rings (SSSR count). The average molecular weight is 419 g/mol. The van der Waals surface area contributed by atoms with Crippen molar-refractivity contribution in [3.05, 3.63) is 65.9 Å². The summed E-state index contributed by atoms with van der Waals surface area (Å²) >= 11 is 0. The van der Waals surface area contributed by atoms with Gasteiger partial charge in [0.15, 0.2) is 0 Å². The lowest BCUT2D eigenvalue weighted by Crippen LogP contribution is -2.41. The van der Waals surface area contributed by atoms with Crippen molar-refractivity contribution in [3.63, 3.8) is 0 Å². The summed E-state index contributed by atoms with van der Waals surface area (Å²) in [6.45, 7) is 9.92. The zero-order valence-corrected chi connectivity index (χ0v) is 18.7. The number of imide groups is 1. The van der Waals surface area contributed by atoms with Gasteiger partial charge in [-0.2, -0.15) is 0 Å². The molecule has 0 radical (unpaired) electrons. The number of carbonyl (C=O) groups excluding carboxylic acids is 2. The van der Waals surface area contributed by atoms with Crippen molar-refractivity contribution < 1.29 is 14.3 Å². The second-order valence-corrected chi connectivity index (χ2v) is 9.05. The molecule has 2 aliphatic heterocycles. The van der Waals surface area contributed by atoms with E-state index in [1.54, 1.807) is 12.1 Å². The fraction of sp³-hybridized carbons (Fsp3) is 0.385. The highest BCUT2D eigenvalue weighted by Gasteiger charge is 2.43. The second kappa shape index (κ2) is 8.58. The van der Waals surface area contributed by atoms with Crippen molar-refractivity contribution in [2.24, 2.45) is 11.8 Å². The van der Waals surface area contributed by atoms with Gasteiger partial charge in [0.05, 0.1) is 17.4 Å². The van der Waals surface area contributed by atoms with Crippen LogP contribution < -0.4 is 9.64 Å². The minimum Gasteiger partial charge on any atom is -0.491 e. The molecule has 1 fully saturated rings. The van der Waals surface area contributed by atoms with E-state index in [1.807, 2.05) is 56.3 Å². The van der Waals surface area contributed by atoms with Crippen LogP contribution in [-0.2, 0) is 9.59 Å². The molecule has 0 spiro atoms. The van der Waals surface area contributed by atoms with Gasteiger partial charge in [0.25, 0.3) is 11.8 Å². The van der Waals surface area contributed by atoms with E-state index >= 15 is 0 Å². The van der Waals surface area contributed by atoms with Gasteiger partial charge >= 0.3 is 0 Å². The van der Waals surface area contributed by atoms with Crippen LogP contribution in [0.15, 0.2) is 60.3 Å². The van der Waals surface area contributed by atoms with Gasteiger partial charge in [-0.1, -0.05) is 44.2 Å². The van der Waals surface area contributed by atoms with Gasteiger partial charge in [0.2, 0.25) is 0 Å². The van der Waals surface area contributed by atoms with Crippen molar-refractivity contribution in [3.8, 4) is 5.75 Å². The summed E-state index contributed by atoms with van der Waals surface area (Å²) in [5.74, 6) is 1.17. The third-order valence-corrected chi connectivity index (χ3v) is 5.77. The van der Waals surface area contributed by atoms with E-state index in [0.717, 1.165) is 30.8 Å². The first-order chi connectivity index (χ1) is 14.8. The molecule has 31 heavy (non-hydrogen) atoms. The molecule has 2 heterocycles. The molecule has 2 aliphatic rings. The first-order valence-corrected chi connectivity index (χ1v) is 11.0. The Hall–Kier alpha value is -3.08. The maximum atomic E-state index is 13.6. The summed E-state index contributed by atoms with van der Waals surface area (Å²) in [6, 6.07) is 16.7. The fourth-order valence-electron chi connectivity index (χ4n) is 4.70.